The molecule has 0 saturated carbocycles. The van der Waals surface area contributed by atoms with Crippen molar-refractivity contribution in [2.45, 2.75) is 0 Å². The Labute approximate surface area is 372 Å². The van der Waals surface area contributed by atoms with Gasteiger partial charge in [0.15, 0.2) is 11.5 Å². The topological polar surface area (TPSA) is 28.9 Å². The number of fused-ring (bicyclic) bond motifs is 14. The van der Waals surface area contributed by atoms with Crippen molar-refractivity contribution in [3.05, 3.63) is 218 Å². The molecule has 1 aliphatic rings. The Morgan fingerprint density at radius 2 is 0.646 bits per heavy atom. The standard InChI is InChI=1S/C60H36N4O/c1-5-17-50-42(12-1)43-13-2-6-18-51(43)62(50)40-29-32-54-48(35-40)49-36-41(63-52-19-7-3-14-44(52)45-15-4-8-20-53(45)63)30-33-55(49)61(54)39-27-24-37(25-28-39)38-26-31-56-47(34-38)46-16-11-23-59-60(46)64(56)57-21-9-10-22-58(57)65-59/h1-36H. The minimum Gasteiger partial charge on any atom is -0.453 e. The molecule has 15 rings (SSSR count). The summed E-state index contributed by atoms with van der Waals surface area (Å²) >= 11 is 0. The highest BCUT2D eigenvalue weighted by atomic mass is 16.5. The molecule has 0 atom stereocenters. The SMILES string of the molecule is c1ccc2c(c1)Oc1cccc3c4cc(-c5ccc(-n6c7ccc(-n8c9ccccc9c9ccccc98)cc7c7cc(-n8c9ccccc9c9ccccc98)ccc76)cc5)ccc4n-2c13. The lowest BCUT2D eigenvalue weighted by atomic mass is 10.0. The van der Waals surface area contributed by atoms with Crippen LogP contribution >= 0.6 is 0 Å². The second-order valence-corrected chi connectivity index (χ2v) is 17.3. The van der Waals surface area contributed by atoms with E-state index in [9.17, 15) is 0 Å². The van der Waals surface area contributed by atoms with Gasteiger partial charge in [-0.25, -0.2) is 0 Å². The number of hydrogen-bond acceptors (Lipinski definition) is 1. The number of aromatic nitrogens is 4. The van der Waals surface area contributed by atoms with Crippen LogP contribution in [0.1, 0.15) is 0 Å². The monoisotopic (exact) mass is 828 g/mol. The van der Waals surface area contributed by atoms with Crippen molar-refractivity contribution in [3.63, 3.8) is 0 Å². The summed E-state index contributed by atoms with van der Waals surface area (Å²) in [5.41, 5.74) is 16.2. The lowest BCUT2D eigenvalue weighted by Gasteiger charge is -2.20. The minimum atomic E-state index is 0.876. The fourth-order valence-electron chi connectivity index (χ4n) is 11.2. The van der Waals surface area contributed by atoms with E-state index in [-0.39, 0.29) is 0 Å². The fourth-order valence-corrected chi connectivity index (χ4v) is 11.2. The molecule has 1 aliphatic heterocycles. The van der Waals surface area contributed by atoms with E-state index in [1.54, 1.807) is 0 Å². The zero-order chi connectivity index (χ0) is 42.3. The zero-order valence-corrected chi connectivity index (χ0v) is 35.0. The lowest BCUT2D eigenvalue weighted by Crippen LogP contribution is -2.03. The van der Waals surface area contributed by atoms with Gasteiger partial charge in [0, 0.05) is 60.2 Å². The highest BCUT2D eigenvalue weighted by Crippen LogP contribution is 2.46. The molecule has 0 saturated heterocycles. The van der Waals surface area contributed by atoms with E-state index in [4.69, 9.17) is 4.74 Å². The Kier molecular flexibility index (Phi) is 6.89. The van der Waals surface area contributed by atoms with Gasteiger partial charge in [0.05, 0.1) is 49.8 Å². The van der Waals surface area contributed by atoms with Crippen molar-refractivity contribution < 1.29 is 4.74 Å². The molecular weight excluding hydrogens is 793 g/mol. The van der Waals surface area contributed by atoms with Crippen LogP contribution in [-0.2, 0) is 0 Å². The van der Waals surface area contributed by atoms with Gasteiger partial charge < -0.3 is 23.0 Å². The van der Waals surface area contributed by atoms with Crippen LogP contribution in [0, 0.1) is 0 Å². The van der Waals surface area contributed by atoms with Crippen LogP contribution in [0.15, 0.2) is 218 Å². The first-order valence-electron chi connectivity index (χ1n) is 22.3. The third-order valence-electron chi connectivity index (χ3n) is 13.9. The van der Waals surface area contributed by atoms with Crippen LogP contribution < -0.4 is 4.74 Å². The molecule has 4 aromatic heterocycles. The highest BCUT2D eigenvalue weighted by Gasteiger charge is 2.24. The second-order valence-electron chi connectivity index (χ2n) is 17.3. The molecule has 0 aliphatic carbocycles. The van der Waals surface area contributed by atoms with Gasteiger partial charge in [0.25, 0.3) is 0 Å². The van der Waals surface area contributed by atoms with Crippen molar-refractivity contribution in [3.8, 4) is 45.4 Å². The Hall–Kier alpha value is -8.80. The summed E-state index contributed by atoms with van der Waals surface area (Å²) in [5, 5.41) is 9.84. The number of hydrogen-bond donors (Lipinski definition) is 0. The number of benzene rings is 10. The molecule has 0 radical (unpaired) electrons. The second kappa shape index (κ2) is 12.9. The quantitative estimate of drug-likeness (QED) is 0.174. The first-order chi connectivity index (χ1) is 32.2. The van der Waals surface area contributed by atoms with Gasteiger partial charge in [-0.2, -0.15) is 0 Å². The molecule has 14 aromatic rings. The molecule has 65 heavy (non-hydrogen) atoms. The maximum atomic E-state index is 6.40. The van der Waals surface area contributed by atoms with E-state index in [1.807, 2.05) is 12.1 Å². The Bertz CT molecular complexity index is 4050. The van der Waals surface area contributed by atoms with Crippen molar-refractivity contribution >= 4 is 87.2 Å². The third kappa shape index (κ3) is 4.76. The van der Waals surface area contributed by atoms with Crippen LogP contribution in [0.4, 0.5) is 0 Å². The van der Waals surface area contributed by atoms with Crippen LogP contribution in [0.3, 0.4) is 0 Å². The number of ether oxygens (including phenoxy) is 1. The average molecular weight is 829 g/mol. The third-order valence-corrected chi connectivity index (χ3v) is 13.9. The maximum absolute atomic E-state index is 6.40. The lowest BCUT2D eigenvalue weighted by molar-refractivity contribution is 0.476. The van der Waals surface area contributed by atoms with E-state index < -0.39 is 0 Å². The molecule has 5 heterocycles. The van der Waals surface area contributed by atoms with Crippen molar-refractivity contribution in [2.75, 3.05) is 0 Å². The van der Waals surface area contributed by atoms with Crippen LogP contribution in [0.25, 0.3) is 121 Å². The van der Waals surface area contributed by atoms with E-state index >= 15 is 0 Å². The van der Waals surface area contributed by atoms with E-state index in [0.717, 1.165) is 50.8 Å². The van der Waals surface area contributed by atoms with Gasteiger partial charge in [0.2, 0.25) is 0 Å². The maximum Gasteiger partial charge on any atom is 0.152 e. The van der Waals surface area contributed by atoms with Gasteiger partial charge in [-0.3, -0.25) is 0 Å². The average Bonchev–Trinajstić information content (AvgIpc) is 4.09. The molecule has 0 amide bonds. The molecule has 5 heteroatoms. The molecule has 0 unspecified atom stereocenters. The molecule has 10 aromatic carbocycles. The molecular formula is C60H36N4O. The Morgan fingerprint density at radius 1 is 0.246 bits per heavy atom. The highest BCUT2D eigenvalue weighted by molar-refractivity contribution is 6.15. The van der Waals surface area contributed by atoms with Crippen LogP contribution in [0.2, 0.25) is 0 Å². The number of rotatable bonds is 4. The van der Waals surface area contributed by atoms with Gasteiger partial charge in [-0.05, 0) is 114 Å². The molecule has 0 spiro atoms. The first-order valence-corrected chi connectivity index (χ1v) is 22.3. The smallest absolute Gasteiger partial charge is 0.152 e. The van der Waals surface area contributed by atoms with Crippen LogP contribution in [-0.4, -0.2) is 18.3 Å². The summed E-state index contributed by atoms with van der Waals surface area (Å²) in [6, 6.07) is 79.6. The summed E-state index contributed by atoms with van der Waals surface area (Å²) in [6.07, 6.45) is 0. The molecule has 0 bridgehead atoms. The van der Waals surface area contributed by atoms with Gasteiger partial charge in [-0.15, -0.1) is 0 Å². The summed E-state index contributed by atoms with van der Waals surface area (Å²) in [7, 11) is 0. The van der Waals surface area contributed by atoms with E-state index in [0.29, 0.717) is 0 Å². The Balaban J connectivity index is 0.924. The van der Waals surface area contributed by atoms with Crippen molar-refractivity contribution in [1.29, 1.82) is 0 Å². The summed E-state index contributed by atoms with van der Waals surface area (Å²) in [6.45, 7) is 0. The summed E-state index contributed by atoms with van der Waals surface area (Å²) < 4.78 is 16.0. The minimum absolute atomic E-state index is 0.876. The predicted molar refractivity (Wildman–Crippen MR) is 269 cm³/mol. The molecule has 302 valence electrons. The molecule has 0 fully saturated rings. The Morgan fingerprint density at radius 3 is 1.23 bits per heavy atom. The number of nitrogens with zero attached hydrogens (tertiary/aromatic N) is 4. The zero-order valence-electron chi connectivity index (χ0n) is 35.0. The van der Waals surface area contributed by atoms with Crippen molar-refractivity contribution in [2.24, 2.45) is 0 Å². The predicted octanol–water partition coefficient (Wildman–Crippen LogP) is 15.8. The van der Waals surface area contributed by atoms with Crippen LogP contribution in [0.5, 0.6) is 11.5 Å². The largest absolute Gasteiger partial charge is 0.453 e. The van der Waals surface area contributed by atoms with Crippen molar-refractivity contribution in [1.82, 2.24) is 18.3 Å². The first kappa shape index (κ1) is 34.7. The fraction of sp³-hybridized carbons (Fsp3) is 0. The summed E-state index contributed by atoms with van der Waals surface area (Å²) in [4.78, 5) is 0. The molecule has 5 nitrogen and oxygen atoms in total. The van der Waals surface area contributed by atoms with Gasteiger partial charge >= 0.3 is 0 Å². The van der Waals surface area contributed by atoms with Gasteiger partial charge in [-0.1, -0.05) is 115 Å². The summed E-state index contributed by atoms with van der Waals surface area (Å²) in [5.74, 6) is 1.76. The normalized spacial score (nSPS) is 12.4. The van der Waals surface area contributed by atoms with E-state index in [1.165, 1.54) is 81.8 Å². The number of para-hydroxylation sites is 7. The van der Waals surface area contributed by atoms with E-state index in [2.05, 4.69) is 225 Å². The van der Waals surface area contributed by atoms with Gasteiger partial charge in [0.1, 0.15) is 0 Å². The molecule has 0 N–H and O–H groups in total.